The Bertz CT molecular complexity index is 434. The van der Waals surface area contributed by atoms with Gasteiger partial charge >= 0.3 is 6.18 Å². The van der Waals surface area contributed by atoms with E-state index in [0.29, 0.717) is 18.0 Å². The Balaban J connectivity index is 1.76. The predicted octanol–water partition coefficient (Wildman–Crippen LogP) is 5.01. The van der Waals surface area contributed by atoms with E-state index in [2.05, 4.69) is 12.2 Å². The van der Waals surface area contributed by atoms with Crippen molar-refractivity contribution in [3.63, 3.8) is 0 Å². The normalized spacial score (nSPS) is 23.2. The third-order valence-electron chi connectivity index (χ3n) is 4.56. The van der Waals surface area contributed by atoms with Crippen molar-refractivity contribution in [2.75, 3.05) is 6.54 Å². The van der Waals surface area contributed by atoms with Crippen molar-refractivity contribution < 1.29 is 13.2 Å². The van der Waals surface area contributed by atoms with Gasteiger partial charge in [-0.15, -0.1) is 0 Å². The summed E-state index contributed by atoms with van der Waals surface area (Å²) in [5, 5.41) is 3.32. The molecule has 1 N–H and O–H groups in total. The van der Waals surface area contributed by atoms with Gasteiger partial charge in [0.25, 0.3) is 0 Å². The fraction of sp³-hybridized carbons (Fsp3) is 0.647. The Labute approximate surface area is 124 Å². The number of alkyl halides is 3. The maximum absolute atomic E-state index is 12.6. The molecule has 0 aromatic heterocycles. The number of hydrogen-bond acceptors (Lipinski definition) is 1. The zero-order chi connectivity index (χ0) is 15.3. The second kappa shape index (κ2) is 7.30. The minimum atomic E-state index is -4.26. The van der Waals surface area contributed by atoms with Gasteiger partial charge in [0.15, 0.2) is 0 Å². The van der Waals surface area contributed by atoms with Crippen LogP contribution in [0.25, 0.3) is 0 Å². The van der Waals surface area contributed by atoms with Gasteiger partial charge in [-0.25, -0.2) is 0 Å². The lowest BCUT2D eigenvalue weighted by Gasteiger charge is -2.28. The van der Waals surface area contributed by atoms with Gasteiger partial charge in [-0.2, -0.15) is 13.2 Å². The van der Waals surface area contributed by atoms with Crippen LogP contribution in [0.2, 0.25) is 0 Å². The Kier molecular flexibility index (Phi) is 5.68. The lowest BCUT2D eigenvalue weighted by Crippen LogP contribution is -2.26. The summed E-state index contributed by atoms with van der Waals surface area (Å²) in [6.45, 7) is 3.67. The van der Waals surface area contributed by atoms with Crippen molar-refractivity contribution in [3.05, 3.63) is 35.4 Å². The van der Waals surface area contributed by atoms with Crippen LogP contribution in [-0.2, 0) is 12.7 Å². The monoisotopic (exact) mass is 299 g/mol. The first-order chi connectivity index (χ1) is 9.99. The smallest absolute Gasteiger partial charge is 0.312 e. The van der Waals surface area contributed by atoms with Crippen LogP contribution >= 0.6 is 0 Å². The highest BCUT2D eigenvalue weighted by molar-refractivity contribution is 5.25. The van der Waals surface area contributed by atoms with Gasteiger partial charge in [-0.1, -0.05) is 44.4 Å². The molecular weight excluding hydrogens is 275 g/mol. The molecule has 1 fully saturated rings. The van der Waals surface area contributed by atoms with E-state index in [1.807, 2.05) is 0 Å². The van der Waals surface area contributed by atoms with Gasteiger partial charge in [0.05, 0.1) is 5.56 Å². The minimum absolute atomic E-state index is 0.512. The van der Waals surface area contributed by atoms with Gasteiger partial charge in [0.1, 0.15) is 0 Å². The summed E-state index contributed by atoms with van der Waals surface area (Å²) in [5.74, 6) is 1.56. The summed E-state index contributed by atoms with van der Waals surface area (Å²) in [6, 6.07) is 5.58. The van der Waals surface area contributed by atoms with Crippen LogP contribution < -0.4 is 5.32 Å². The molecule has 0 aliphatic heterocycles. The molecule has 21 heavy (non-hydrogen) atoms. The van der Waals surface area contributed by atoms with Gasteiger partial charge in [-0.3, -0.25) is 0 Å². The van der Waals surface area contributed by atoms with Crippen LogP contribution in [0.3, 0.4) is 0 Å². The topological polar surface area (TPSA) is 12.0 Å². The van der Waals surface area contributed by atoms with Crippen LogP contribution in [0.5, 0.6) is 0 Å². The Morgan fingerprint density at radius 1 is 1.10 bits per heavy atom. The van der Waals surface area contributed by atoms with Crippen molar-refractivity contribution in [2.45, 2.75) is 51.7 Å². The van der Waals surface area contributed by atoms with E-state index < -0.39 is 11.7 Å². The van der Waals surface area contributed by atoms with E-state index in [1.54, 1.807) is 6.07 Å². The van der Waals surface area contributed by atoms with Gasteiger partial charge in [0.2, 0.25) is 0 Å². The molecule has 0 amide bonds. The lowest BCUT2D eigenvalue weighted by molar-refractivity contribution is -0.137. The van der Waals surface area contributed by atoms with E-state index in [9.17, 15) is 13.2 Å². The number of hydrogen-bond donors (Lipinski definition) is 1. The highest BCUT2D eigenvalue weighted by Crippen LogP contribution is 2.31. The van der Waals surface area contributed by atoms with E-state index >= 15 is 0 Å². The van der Waals surface area contributed by atoms with E-state index in [1.165, 1.54) is 44.2 Å². The second-order valence-corrected chi connectivity index (χ2v) is 6.12. The molecule has 0 radical (unpaired) electrons. The first-order valence-corrected chi connectivity index (χ1v) is 7.86. The first kappa shape index (κ1) is 16.3. The average molecular weight is 299 g/mol. The first-order valence-electron chi connectivity index (χ1n) is 7.86. The number of nitrogens with one attached hydrogen (secondary N) is 1. The van der Waals surface area contributed by atoms with Gasteiger partial charge in [0, 0.05) is 6.54 Å². The fourth-order valence-electron chi connectivity index (χ4n) is 3.12. The molecule has 0 spiro atoms. The van der Waals surface area contributed by atoms with Crippen LogP contribution in [0, 0.1) is 11.8 Å². The van der Waals surface area contributed by atoms with Crippen LogP contribution in [-0.4, -0.2) is 6.54 Å². The van der Waals surface area contributed by atoms with Crippen molar-refractivity contribution in [3.8, 4) is 0 Å². The largest absolute Gasteiger partial charge is 0.416 e. The molecule has 1 saturated carbocycles. The highest BCUT2D eigenvalue weighted by atomic mass is 19.4. The molecule has 4 heteroatoms. The predicted molar refractivity (Wildman–Crippen MR) is 78.9 cm³/mol. The average Bonchev–Trinajstić information content (AvgIpc) is 2.47. The molecule has 118 valence electrons. The summed E-state index contributed by atoms with van der Waals surface area (Å²) in [4.78, 5) is 0. The Morgan fingerprint density at radius 3 is 2.38 bits per heavy atom. The van der Waals surface area contributed by atoms with Crippen molar-refractivity contribution in [1.29, 1.82) is 0 Å². The number of benzene rings is 1. The van der Waals surface area contributed by atoms with Crippen molar-refractivity contribution in [2.24, 2.45) is 11.8 Å². The molecule has 1 aliphatic carbocycles. The van der Waals surface area contributed by atoms with Gasteiger partial charge < -0.3 is 5.32 Å². The summed E-state index contributed by atoms with van der Waals surface area (Å²) in [5.41, 5.74) is 0.136. The SMILES string of the molecule is CCC1CCC(CNCc2cccc(C(F)(F)F)c2)CC1. The molecule has 1 aromatic carbocycles. The number of halogens is 3. The quantitative estimate of drug-likeness (QED) is 0.805. The van der Waals surface area contributed by atoms with Crippen LogP contribution in [0.4, 0.5) is 13.2 Å². The summed E-state index contributed by atoms with van der Waals surface area (Å²) in [6.07, 6.45) is 2.10. The minimum Gasteiger partial charge on any atom is -0.312 e. The van der Waals surface area contributed by atoms with E-state index in [-0.39, 0.29) is 0 Å². The third-order valence-corrected chi connectivity index (χ3v) is 4.56. The maximum atomic E-state index is 12.6. The number of rotatable bonds is 5. The maximum Gasteiger partial charge on any atom is 0.416 e. The molecule has 0 bridgehead atoms. The summed E-state index contributed by atoms with van der Waals surface area (Å²) in [7, 11) is 0. The van der Waals surface area contributed by atoms with Crippen LogP contribution in [0.1, 0.15) is 50.2 Å². The molecule has 0 unspecified atom stereocenters. The van der Waals surface area contributed by atoms with Crippen molar-refractivity contribution >= 4 is 0 Å². The van der Waals surface area contributed by atoms with Crippen LogP contribution in [0.15, 0.2) is 24.3 Å². The van der Waals surface area contributed by atoms with Crippen molar-refractivity contribution in [1.82, 2.24) is 5.32 Å². The Morgan fingerprint density at radius 2 is 1.76 bits per heavy atom. The standard InChI is InChI=1S/C17H24F3N/c1-2-13-6-8-14(9-7-13)11-21-12-15-4-3-5-16(10-15)17(18,19)20/h3-5,10,13-14,21H,2,6-9,11-12H2,1H3. The molecular formula is C17H24F3N. The molecule has 0 saturated heterocycles. The van der Waals surface area contributed by atoms with E-state index in [4.69, 9.17) is 0 Å². The molecule has 2 rings (SSSR count). The van der Waals surface area contributed by atoms with E-state index in [0.717, 1.165) is 18.5 Å². The summed E-state index contributed by atoms with van der Waals surface area (Å²) < 4.78 is 37.9. The zero-order valence-corrected chi connectivity index (χ0v) is 12.5. The zero-order valence-electron chi connectivity index (χ0n) is 12.5. The highest BCUT2D eigenvalue weighted by Gasteiger charge is 2.30. The third kappa shape index (κ3) is 5.03. The molecule has 0 atom stereocenters. The summed E-state index contributed by atoms with van der Waals surface area (Å²) >= 11 is 0. The molecule has 1 aromatic rings. The Hall–Kier alpha value is -1.03. The second-order valence-electron chi connectivity index (χ2n) is 6.12. The lowest BCUT2D eigenvalue weighted by atomic mass is 9.81. The molecule has 0 heterocycles. The molecule has 1 aliphatic rings. The molecule has 1 nitrogen and oxygen atoms in total. The van der Waals surface area contributed by atoms with Gasteiger partial charge in [-0.05, 0) is 42.9 Å². The fourth-order valence-corrected chi connectivity index (χ4v) is 3.12.